The van der Waals surface area contributed by atoms with Gasteiger partial charge in [-0.05, 0) is 49.4 Å². The third-order valence-corrected chi connectivity index (χ3v) is 6.34. The van der Waals surface area contributed by atoms with Gasteiger partial charge in [0.25, 0.3) is 5.91 Å². The molecule has 6 nitrogen and oxygen atoms in total. The zero-order valence-corrected chi connectivity index (χ0v) is 18.8. The Hall–Kier alpha value is -3.20. The van der Waals surface area contributed by atoms with E-state index in [0.717, 1.165) is 30.7 Å². The summed E-state index contributed by atoms with van der Waals surface area (Å²) in [4.78, 5) is 21.5. The van der Waals surface area contributed by atoms with E-state index in [-0.39, 0.29) is 11.9 Å². The Morgan fingerprint density at radius 3 is 2.53 bits per heavy atom. The average Bonchev–Trinajstić information content (AvgIpc) is 3.23. The number of rotatable bonds is 6. The summed E-state index contributed by atoms with van der Waals surface area (Å²) in [6.07, 6.45) is 4.30. The maximum Gasteiger partial charge on any atom is 0.416 e. The molecule has 1 amide bonds. The van der Waals surface area contributed by atoms with Crippen LogP contribution < -0.4 is 5.32 Å². The number of hydrogen-bond acceptors (Lipinski definition) is 4. The summed E-state index contributed by atoms with van der Waals surface area (Å²) in [6.45, 7) is 0. The smallest absolute Gasteiger partial charge is 0.391 e. The van der Waals surface area contributed by atoms with Gasteiger partial charge in [0.2, 0.25) is 0 Å². The van der Waals surface area contributed by atoms with Crippen molar-refractivity contribution >= 4 is 5.91 Å². The molecule has 34 heavy (non-hydrogen) atoms. The van der Waals surface area contributed by atoms with Gasteiger partial charge in [-0.2, -0.15) is 13.2 Å². The minimum Gasteiger partial charge on any atom is -0.391 e. The summed E-state index contributed by atoms with van der Waals surface area (Å²) >= 11 is 0. The number of nitrogens with zero attached hydrogens (tertiary/aromatic N) is 3. The predicted octanol–water partition coefficient (Wildman–Crippen LogP) is 4.32. The number of alkyl halides is 3. The van der Waals surface area contributed by atoms with Crippen molar-refractivity contribution in [2.45, 2.75) is 56.8 Å². The Morgan fingerprint density at radius 1 is 1.15 bits per heavy atom. The molecule has 9 heteroatoms. The highest BCUT2D eigenvalue weighted by Gasteiger charge is 2.30. The summed E-state index contributed by atoms with van der Waals surface area (Å²) in [5, 5.41) is 13.1. The number of pyridine rings is 1. The number of nitrogens with one attached hydrogen (secondary N) is 1. The Labute approximate surface area is 195 Å². The molecule has 1 fully saturated rings. The predicted molar refractivity (Wildman–Crippen MR) is 121 cm³/mol. The molecule has 0 radical (unpaired) electrons. The van der Waals surface area contributed by atoms with Crippen molar-refractivity contribution in [1.82, 2.24) is 19.9 Å². The minimum absolute atomic E-state index is 0.303. The SMILES string of the molecule is Cn1cncc1CCc1ncc(C(=O)NC2CCCCC2O)cc1-c1ccc(C(F)(F)F)cc1. The van der Waals surface area contributed by atoms with Crippen molar-refractivity contribution in [2.75, 3.05) is 0 Å². The normalized spacial score (nSPS) is 18.6. The van der Waals surface area contributed by atoms with Crippen molar-refractivity contribution in [1.29, 1.82) is 0 Å². The molecule has 0 aliphatic heterocycles. The summed E-state index contributed by atoms with van der Waals surface area (Å²) in [5.74, 6) is -0.357. The molecule has 2 heterocycles. The van der Waals surface area contributed by atoms with E-state index in [9.17, 15) is 23.1 Å². The molecule has 180 valence electrons. The van der Waals surface area contributed by atoms with Gasteiger partial charge in [0, 0.05) is 36.4 Å². The number of benzene rings is 1. The highest BCUT2D eigenvalue weighted by Crippen LogP contribution is 2.32. The number of hydrogen-bond donors (Lipinski definition) is 2. The maximum atomic E-state index is 13.0. The molecule has 1 aliphatic rings. The first-order chi connectivity index (χ1) is 16.2. The first-order valence-electron chi connectivity index (χ1n) is 11.3. The Balaban J connectivity index is 1.63. The fourth-order valence-electron chi connectivity index (χ4n) is 4.31. The van der Waals surface area contributed by atoms with E-state index in [1.54, 1.807) is 18.6 Å². The van der Waals surface area contributed by atoms with Crippen LogP contribution in [0.15, 0.2) is 49.1 Å². The van der Waals surface area contributed by atoms with Crippen LogP contribution >= 0.6 is 0 Å². The van der Waals surface area contributed by atoms with E-state index in [0.29, 0.717) is 48.1 Å². The van der Waals surface area contributed by atoms with Crippen LogP contribution in [0.3, 0.4) is 0 Å². The lowest BCUT2D eigenvalue weighted by molar-refractivity contribution is -0.137. The van der Waals surface area contributed by atoms with E-state index in [4.69, 9.17) is 0 Å². The second kappa shape index (κ2) is 9.97. The standard InChI is InChI=1S/C25H27F3N4O2/c1-32-15-29-14-19(32)10-11-21-20(16-6-8-18(9-7-16)25(26,27)28)12-17(13-30-21)24(34)31-22-4-2-3-5-23(22)33/h6-9,12-15,22-23,33H,2-5,10-11H2,1H3,(H,31,34). The Morgan fingerprint density at radius 2 is 1.88 bits per heavy atom. The summed E-state index contributed by atoms with van der Waals surface area (Å²) < 4.78 is 41.0. The molecule has 2 atom stereocenters. The highest BCUT2D eigenvalue weighted by atomic mass is 19.4. The monoisotopic (exact) mass is 472 g/mol. The Bertz CT molecular complexity index is 1140. The average molecular weight is 473 g/mol. The fraction of sp³-hybridized carbons (Fsp3) is 0.400. The zero-order chi connectivity index (χ0) is 24.3. The van der Waals surface area contributed by atoms with Crippen LogP contribution in [0, 0.1) is 0 Å². The number of carbonyl (C=O) groups excluding carboxylic acids is 1. The molecular weight excluding hydrogens is 445 g/mol. The number of aliphatic hydroxyl groups excluding tert-OH is 1. The van der Waals surface area contributed by atoms with Gasteiger partial charge in [0.15, 0.2) is 0 Å². The van der Waals surface area contributed by atoms with E-state index in [2.05, 4.69) is 15.3 Å². The lowest BCUT2D eigenvalue weighted by Crippen LogP contribution is -2.45. The maximum absolute atomic E-state index is 13.0. The van der Waals surface area contributed by atoms with Crippen molar-refractivity contribution in [3.63, 3.8) is 0 Å². The first kappa shape index (κ1) is 23.9. The van der Waals surface area contributed by atoms with Gasteiger partial charge in [0.05, 0.1) is 29.6 Å². The second-order valence-corrected chi connectivity index (χ2v) is 8.72. The van der Waals surface area contributed by atoms with Crippen molar-refractivity contribution < 1.29 is 23.1 Å². The number of aliphatic hydroxyl groups is 1. The van der Waals surface area contributed by atoms with Gasteiger partial charge in [-0.25, -0.2) is 4.98 Å². The molecule has 3 aromatic rings. The lowest BCUT2D eigenvalue weighted by Gasteiger charge is -2.28. The van der Waals surface area contributed by atoms with E-state index in [1.165, 1.54) is 18.3 Å². The first-order valence-corrected chi connectivity index (χ1v) is 11.3. The molecule has 2 unspecified atom stereocenters. The number of aryl methyl sites for hydroxylation is 3. The second-order valence-electron chi connectivity index (χ2n) is 8.72. The van der Waals surface area contributed by atoms with Gasteiger partial charge < -0.3 is 15.0 Å². The molecule has 4 rings (SSSR count). The van der Waals surface area contributed by atoms with Crippen molar-refractivity contribution in [3.8, 4) is 11.1 Å². The number of halogens is 3. The van der Waals surface area contributed by atoms with Gasteiger partial charge in [-0.1, -0.05) is 25.0 Å². The van der Waals surface area contributed by atoms with Crippen molar-refractivity contribution in [2.24, 2.45) is 7.05 Å². The third-order valence-electron chi connectivity index (χ3n) is 6.34. The topological polar surface area (TPSA) is 80.0 Å². The highest BCUT2D eigenvalue weighted by molar-refractivity contribution is 5.95. The van der Waals surface area contributed by atoms with E-state index in [1.807, 2.05) is 11.6 Å². The van der Waals surface area contributed by atoms with Crippen LogP contribution in [-0.4, -0.2) is 37.7 Å². The van der Waals surface area contributed by atoms with Gasteiger partial charge in [-0.3, -0.25) is 9.78 Å². The van der Waals surface area contributed by atoms with Crippen LogP contribution in [0.4, 0.5) is 13.2 Å². The van der Waals surface area contributed by atoms with Crippen molar-refractivity contribution in [3.05, 3.63) is 71.6 Å². The quantitative estimate of drug-likeness (QED) is 0.560. The van der Waals surface area contributed by atoms with Crippen LogP contribution in [0.25, 0.3) is 11.1 Å². The minimum atomic E-state index is -4.43. The number of imidazole rings is 1. The number of amides is 1. The third kappa shape index (κ3) is 5.47. The largest absolute Gasteiger partial charge is 0.416 e. The van der Waals surface area contributed by atoms with Crippen LogP contribution in [0.1, 0.15) is 53.0 Å². The molecule has 2 N–H and O–H groups in total. The molecule has 0 spiro atoms. The number of carbonyl (C=O) groups is 1. The Kier molecular flexibility index (Phi) is 7.02. The number of aromatic nitrogens is 3. The molecule has 0 saturated heterocycles. The summed E-state index contributed by atoms with van der Waals surface area (Å²) in [5.41, 5.74) is 2.39. The van der Waals surface area contributed by atoms with Crippen LogP contribution in [0.2, 0.25) is 0 Å². The van der Waals surface area contributed by atoms with Gasteiger partial charge >= 0.3 is 6.18 Å². The molecule has 1 aromatic carbocycles. The van der Waals surface area contributed by atoms with E-state index >= 15 is 0 Å². The lowest BCUT2D eigenvalue weighted by atomic mass is 9.92. The van der Waals surface area contributed by atoms with Gasteiger partial charge in [-0.15, -0.1) is 0 Å². The molecule has 1 aliphatic carbocycles. The molecule has 2 aromatic heterocycles. The van der Waals surface area contributed by atoms with E-state index < -0.39 is 17.8 Å². The zero-order valence-electron chi connectivity index (χ0n) is 18.8. The van der Waals surface area contributed by atoms with Gasteiger partial charge in [0.1, 0.15) is 0 Å². The molecule has 0 bridgehead atoms. The molecule has 1 saturated carbocycles. The molecular formula is C25H27F3N4O2. The van der Waals surface area contributed by atoms with Crippen LogP contribution in [0.5, 0.6) is 0 Å². The van der Waals surface area contributed by atoms with Crippen LogP contribution in [-0.2, 0) is 26.1 Å². The summed E-state index contributed by atoms with van der Waals surface area (Å²) in [7, 11) is 1.89. The summed E-state index contributed by atoms with van der Waals surface area (Å²) in [6, 6.07) is 6.22. The fourth-order valence-corrected chi connectivity index (χ4v) is 4.31.